The van der Waals surface area contributed by atoms with E-state index in [2.05, 4.69) is 12.1 Å². The van der Waals surface area contributed by atoms with E-state index in [1.807, 2.05) is 60.4 Å². The molecule has 2 unspecified atom stereocenters. The second kappa shape index (κ2) is 4.30. The van der Waals surface area contributed by atoms with E-state index < -0.39 is 0 Å². The Labute approximate surface area is 107 Å². The number of carbonyl (C=O) groups excluding carboxylic acids is 1. The third-order valence-electron chi connectivity index (χ3n) is 3.55. The number of nitrogens with zero attached hydrogens (tertiary/aromatic N) is 1. The molecule has 1 saturated heterocycles. The van der Waals surface area contributed by atoms with Crippen LogP contribution in [0.1, 0.15) is 18.5 Å². The van der Waals surface area contributed by atoms with Crippen molar-refractivity contribution in [1.29, 1.82) is 0 Å². The predicted molar refractivity (Wildman–Crippen MR) is 72.3 cm³/mol. The van der Waals surface area contributed by atoms with Crippen LogP contribution in [0.2, 0.25) is 0 Å². The summed E-state index contributed by atoms with van der Waals surface area (Å²) in [6, 6.07) is 20.3. The number of amides is 1. The van der Waals surface area contributed by atoms with Crippen molar-refractivity contribution in [2.24, 2.45) is 5.92 Å². The number of hydrogen-bond donors (Lipinski definition) is 0. The fourth-order valence-electron chi connectivity index (χ4n) is 2.60. The van der Waals surface area contributed by atoms with Crippen LogP contribution in [-0.2, 0) is 4.79 Å². The van der Waals surface area contributed by atoms with Crippen LogP contribution in [0.15, 0.2) is 60.7 Å². The molecule has 1 heterocycles. The average molecular weight is 237 g/mol. The number of hydrogen-bond acceptors (Lipinski definition) is 1. The molecule has 2 atom stereocenters. The lowest BCUT2D eigenvalue weighted by Crippen LogP contribution is -2.54. The van der Waals surface area contributed by atoms with Crippen LogP contribution in [0.3, 0.4) is 0 Å². The Hall–Kier alpha value is -2.09. The molecule has 2 heteroatoms. The maximum Gasteiger partial charge on any atom is 0.232 e. The van der Waals surface area contributed by atoms with Gasteiger partial charge >= 0.3 is 0 Å². The molecule has 3 rings (SSSR count). The molecule has 1 fully saturated rings. The fourth-order valence-corrected chi connectivity index (χ4v) is 2.60. The van der Waals surface area contributed by atoms with E-state index >= 15 is 0 Å². The Balaban J connectivity index is 1.97. The van der Waals surface area contributed by atoms with Crippen molar-refractivity contribution in [2.45, 2.75) is 13.0 Å². The molecular weight excluding hydrogens is 222 g/mol. The Morgan fingerprint density at radius 1 is 0.889 bits per heavy atom. The van der Waals surface area contributed by atoms with Crippen LogP contribution in [-0.4, -0.2) is 5.91 Å². The van der Waals surface area contributed by atoms with Crippen LogP contribution in [0, 0.1) is 5.92 Å². The molecule has 0 aliphatic carbocycles. The standard InChI is InChI=1S/C16H15NO/c1-12-15(13-8-4-2-5-9-13)17(16(12)18)14-10-6-3-7-11-14/h2-12,15H,1H3. The van der Waals surface area contributed by atoms with Gasteiger partial charge in [0, 0.05) is 5.69 Å². The van der Waals surface area contributed by atoms with Crippen LogP contribution >= 0.6 is 0 Å². The van der Waals surface area contributed by atoms with Gasteiger partial charge in [-0.25, -0.2) is 0 Å². The molecule has 2 aromatic carbocycles. The Kier molecular flexibility index (Phi) is 2.63. The maximum atomic E-state index is 12.1. The monoisotopic (exact) mass is 237 g/mol. The zero-order valence-electron chi connectivity index (χ0n) is 10.3. The van der Waals surface area contributed by atoms with E-state index in [1.54, 1.807) is 0 Å². The minimum absolute atomic E-state index is 0.0626. The molecule has 0 bridgehead atoms. The zero-order chi connectivity index (χ0) is 12.5. The quantitative estimate of drug-likeness (QED) is 0.733. The summed E-state index contributed by atoms with van der Waals surface area (Å²) in [4.78, 5) is 14.0. The number of benzene rings is 2. The molecule has 0 saturated carbocycles. The highest BCUT2D eigenvalue weighted by atomic mass is 16.2. The van der Waals surface area contributed by atoms with Gasteiger partial charge in [-0.05, 0) is 17.7 Å². The summed E-state index contributed by atoms with van der Waals surface area (Å²) in [5, 5.41) is 0. The van der Waals surface area contributed by atoms with Crippen molar-refractivity contribution in [3.05, 3.63) is 66.2 Å². The molecule has 18 heavy (non-hydrogen) atoms. The lowest BCUT2D eigenvalue weighted by Gasteiger charge is -2.46. The highest BCUT2D eigenvalue weighted by Crippen LogP contribution is 2.42. The van der Waals surface area contributed by atoms with Gasteiger partial charge in [-0.2, -0.15) is 0 Å². The van der Waals surface area contributed by atoms with Gasteiger partial charge in [-0.1, -0.05) is 55.5 Å². The Morgan fingerprint density at radius 3 is 2.06 bits per heavy atom. The van der Waals surface area contributed by atoms with E-state index in [4.69, 9.17) is 0 Å². The van der Waals surface area contributed by atoms with Crippen molar-refractivity contribution >= 4 is 11.6 Å². The SMILES string of the molecule is CC1C(=O)N(c2ccccc2)C1c1ccccc1. The molecule has 0 N–H and O–H groups in total. The number of para-hydroxylation sites is 1. The summed E-state index contributed by atoms with van der Waals surface area (Å²) in [5.74, 6) is 0.266. The fraction of sp³-hybridized carbons (Fsp3) is 0.188. The van der Waals surface area contributed by atoms with E-state index in [0.29, 0.717) is 0 Å². The highest BCUT2D eigenvalue weighted by molar-refractivity contribution is 6.02. The third kappa shape index (κ3) is 1.61. The van der Waals surface area contributed by atoms with Gasteiger partial charge in [0.25, 0.3) is 0 Å². The first-order valence-corrected chi connectivity index (χ1v) is 6.22. The van der Waals surface area contributed by atoms with E-state index in [1.165, 1.54) is 5.56 Å². The average Bonchev–Trinajstić information content (AvgIpc) is 2.45. The first-order valence-electron chi connectivity index (χ1n) is 6.22. The number of anilines is 1. The molecule has 1 aliphatic rings. The van der Waals surface area contributed by atoms with Crippen LogP contribution in [0.5, 0.6) is 0 Å². The molecule has 0 radical (unpaired) electrons. The van der Waals surface area contributed by atoms with Gasteiger partial charge in [0.2, 0.25) is 5.91 Å². The molecule has 2 aromatic rings. The van der Waals surface area contributed by atoms with E-state index in [-0.39, 0.29) is 17.9 Å². The summed E-state index contributed by atoms with van der Waals surface area (Å²) in [6.07, 6.45) is 0. The lowest BCUT2D eigenvalue weighted by atomic mass is 9.83. The first-order chi connectivity index (χ1) is 8.79. The Morgan fingerprint density at radius 2 is 1.44 bits per heavy atom. The van der Waals surface area contributed by atoms with Gasteiger partial charge in [-0.15, -0.1) is 0 Å². The van der Waals surface area contributed by atoms with Gasteiger partial charge < -0.3 is 4.90 Å². The van der Waals surface area contributed by atoms with Gasteiger partial charge in [0.05, 0.1) is 12.0 Å². The molecule has 1 aliphatic heterocycles. The predicted octanol–water partition coefficient (Wildman–Crippen LogP) is 3.41. The molecule has 90 valence electrons. The zero-order valence-corrected chi connectivity index (χ0v) is 10.3. The largest absolute Gasteiger partial charge is 0.304 e. The summed E-state index contributed by atoms with van der Waals surface area (Å²) < 4.78 is 0. The normalized spacial score (nSPS) is 22.7. The van der Waals surface area contributed by atoms with Crippen LogP contribution < -0.4 is 4.90 Å². The summed E-state index contributed by atoms with van der Waals surface area (Å²) in [5.41, 5.74) is 2.18. The molecule has 2 nitrogen and oxygen atoms in total. The minimum atomic E-state index is 0.0626. The molecule has 0 spiro atoms. The number of rotatable bonds is 2. The maximum absolute atomic E-state index is 12.1. The van der Waals surface area contributed by atoms with Crippen molar-refractivity contribution in [3.63, 3.8) is 0 Å². The Bertz CT molecular complexity index is 550. The molecular formula is C16H15NO. The van der Waals surface area contributed by atoms with Crippen molar-refractivity contribution < 1.29 is 4.79 Å². The van der Waals surface area contributed by atoms with Crippen LogP contribution in [0.4, 0.5) is 5.69 Å². The topological polar surface area (TPSA) is 20.3 Å². The van der Waals surface area contributed by atoms with Crippen molar-refractivity contribution in [2.75, 3.05) is 4.90 Å². The van der Waals surface area contributed by atoms with E-state index in [9.17, 15) is 4.79 Å². The lowest BCUT2D eigenvalue weighted by molar-refractivity contribution is -0.129. The minimum Gasteiger partial charge on any atom is -0.304 e. The van der Waals surface area contributed by atoms with Gasteiger partial charge in [0.15, 0.2) is 0 Å². The van der Waals surface area contributed by atoms with Crippen LogP contribution in [0.25, 0.3) is 0 Å². The summed E-state index contributed by atoms with van der Waals surface area (Å²) >= 11 is 0. The summed E-state index contributed by atoms with van der Waals surface area (Å²) in [7, 11) is 0. The first kappa shape index (κ1) is 11.0. The van der Waals surface area contributed by atoms with Gasteiger partial charge in [0.1, 0.15) is 0 Å². The second-order valence-electron chi connectivity index (χ2n) is 4.69. The van der Waals surface area contributed by atoms with Crippen molar-refractivity contribution in [3.8, 4) is 0 Å². The summed E-state index contributed by atoms with van der Waals surface area (Å²) in [6.45, 7) is 2.00. The molecule has 1 amide bonds. The second-order valence-corrected chi connectivity index (χ2v) is 4.69. The van der Waals surface area contributed by atoms with Crippen molar-refractivity contribution in [1.82, 2.24) is 0 Å². The van der Waals surface area contributed by atoms with Gasteiger partial charge in [-0.3, -0.25) is 4.79 Å². The molecule has 0 aromatic heterocycles. The highest BCUT2D eigenvalue weighted by Gasteiger charge is 2.45. The number of carbonyl (C=O) groups is 1. The third-order valence-corrected chi connectivity index (χ3v) is 3.55. The number of β-lactam (4-membered cyclic amide) rings is 1. The smallest absolute Gasteiger partial charge is 0.232 e. The van der Waals surface area contributed by atoms with E-state index in [0.717, 1.165) is 5.69 Å².